The van der Waals surface area contributed by atoms with Crippen LogP contribution in [0.5, 0.6) is 0 Å². The third-order valence-corrected chi connectivity index (χ3v) is 7.64. The molecule has 3 aromatic rings. The molecule has 4 rings (SSSR count). The Hall–Kier alpha value is -3.68. The van der Waals surface area contributed by atoms with Gasteiger partial charge in [0.1, 0.15) is 18.2 Å². The molecule has 2 aromatic carbocycles. The van der Waals surface area contributed by atoms with E-state index >= 15 is 0 Å². The summed E-state index contributed by atoms with van der Waals surface area (Å²) in [4.78, 5) is 20.0. The lowest BCUT2D eigenvalue weighted by Crippen LogP contribution is -2.35. The van der Waals surface area contributed by atoms with Crippen LogP contribution in [0.3, 0.4) is 0 Å². The lowest BCUT2D eigenvalue weighted by Gasteiger charge is -2.26. The van der Waals surface area contributed by atoms with E-state index in [9.17, 15) is 23.6 Å². The first-order chi connectivity index (χ1) is 16.3. The second-order valence-corrected chi connectivity index (χ2v) is 9.99. The zero-order chi connectivity index (χ0) is 24.3. The van der Waals surface area contributed by atoms with E-state index in [-0.39, 0.29) is 21.9 Å². The van der Waals surface area contributed by atoms with Crippen molar-refractivity contribution in [2.45, 2.75) is 31.1 Å². The lowest BCUT2D eigenvalue weighted by molar-refractivity contribution is 0.0501. The molecular weight excluding hydrogens is 456 g/mol. The van der Waals surface area contributed by atoms with E-state index in [0.29, 0.717) is 29.7 Å². The molecule has 0 radical (unpaired) electrons. The molecular formula is C24H24N4O5S. The highest BCUT2D eigenvalue weighted by Crippen LogP contribution is 2.24. The van der Waals surface area contributed by atoms with Gasteiger partial charge in [-0.05, 0) is 49.6 Å². The van der Waals surface area contributed by atoms with Gasteiger partial charge in [-0.15, -0.1) is 0 Å². The number of aliphatic hydroxyl groups excluding tert-OH is 1. The van der Waals surface area contributed by atoms with Gasteiger partial charge in [0.15, 0.2) is 11.6 Å². The number of allylic oxidation sites excluding steroid dienone is 1. The molecule has 2 heterocycles. The van der Waals surface area contributed by atoms with Gasteiger partial charge in [-0.3, -0.25) is 0 Å². The van der Waals surface area contributed by atoms with Crippen molar-refractivity contribution < 1.29 is 23.1 Å². The predicted octanol–water partition coefficient (Wildman–Crippen LogP) is 3.70. The van der Waals surface area contributed by atoms with E-state index < -0.39 is 28.4 Å². The fraction of sp³-hybridized carbons (Fsp3) is 0.292. The molecule has 9 nitrogen and oxygen atoms in total. The minimum absolute atomic E-state index is 0.0201. The van der Waals surface area contributed by atoms with Crippen molar-refractivity contribution in [1.29, 1.82) is 5.26 Å². The summed E-state index contributed by atoms with van der Waals surface area (Å²) in [5, 5.41) is 19.9. The average Bonchev–Trinajstić information content (AvgIpc) is 3.27. The number of H-pyrrole nitrogens is 1. The largest absolute Gasteiger partial charge is 0.507 e. The van der Waals surface area contributed by atoms with E-state index in [1.165, 1.54) is 16.4 Å². The maximum absolute atomic E-state index is 13.0. The zero-order valence-electron chi connectivity index (χ0n) is 18.6. The van der Waals surface area contributed by atoms with E-state index in [1.807, 2.05) is 12.1 Å². The number of aryl methyl sites for hydroxylation is 1. The number of nitriles is 1. The Morgan fingerprint density at radius 3 is 2.65 bits per heavy atom. The van der Waals surface area contributed by atoms with E-state index in [4.69, 9.17) is 4.74 Å². The number of piperidine rings is 1. The quantitative estimate of drug-likeness (QED) is 0.312. The number of hydrogen-bond donors (Lipinski definition) is 2. The monoisotopic (exact) mass is 480 g/mol. The van der Waals surface area contributed by atoms with Crippen LogP contribution >= 0.6 is 0 Å². The number of fused-ring (bicyclic) bond motifs is 1. The summed E-state index contributed by atoms with van der Waals surface area (Å²) in [5.74, 6) is -1.12. The Labute approximate surface area is 197 Å². The number of ether oxygens (including phenoxy) is 1. The number of esters is 1. The van der Waals surface area contributed by atoms with Crippen molar-refractivity contribution in [2.75, 3.05) is 19.7 Å². The van der Waals surface area contributed by atoms with Crippen molar-refractivity contribution in [3.8, 4) is 6.07 Å². The van der Waals surface area contributed by atoms with Crippen LogP contribution in [0.1, 0.15) is 41.0 Å². The minimum Gasteiger partial charge on any atom is -0.507 e. The normalized spacial score (nSPS) is 15.5. The van der Waals surface area contributed by atoms with Crippen LogP contribution in [0.15, 0.2) is 53.1 Å². The van der Waals surface area contributed by atoms with Crippen LogP contribution in [-0.2, 0) is 14.8 Å². The summed E-state index contributed by atoms with van der Waals surface area (Å²) in [6.45, 7) is 2.00. The van der Waals surface area contributed by atoms with Gasteiger partial charge in [-0.25, -0.2) is 18.2 Å². The van der Waals surface area contributed by atoms with Gasteiger partial charge < -0.3 is 14.8 Å². The summed E-state index contributed by atoms with van der Waals surface area (Å²) in [6.07, 6.45) is 2.60. The summed E-state index contributed by atoms with van der Waals surface area (Å²) in [5.41, 5.74) is 1.77. The number of rotatable bonds is 6. The molecule has 0 amide bonds. The molecule has 176 valence electrons. The second-order valence-electron chi connectivity index (χ2n) is 8.05. The SMILES string of the molecule is Cc1ccc(S(=O)(=O)N2CCCCC2)cc1C(=O)OC/C(O)=C(\C#N)c1nc2ccccc2[nH]1. The van der Waals surface area contributed by atoms with Gasteiger partial charge in [0.2, 0.25) is 10.0 Å². The van der Waals surface area contributed by atoms with Crippen LogP contribution in [0.4, 0.5) is 0 Å². The number of aromatic amines is 1. The molecule has 1 aromatic heterocycles. The van der Waals surface area contributed by atoms with Gasteiger partial charge in [0.05, 0.1) is 21.5 Å². The first-order valence-corrected chi connectivity index (χ1v) is 12.3. The van der Waals surface area contributed by atoms with Crippen molar-refractivity contribution in [2.24, 2.45) is 0 Å². The predicted molar refractivity (Wildman–Crippen MR) is 125 cm³/mol. The molecule has 0 aliphatic carbocycles. The third kappa shape index (κ3) is 4.66. The van der Waals surface area contributed by atoms with Crippen molar-refractivity contribution in [3.05, 3.63) is 65.2 Å². The minimum atomic E-state index is -3.72. The number of benzene rings is 2. The van der Waals surface area contributed by atoms with Crippen LogP contribution < -0.4 is 0 Å². The van der Waals surface area contributed by atoms with E-state index in [1.54, 1.807) is 31.2 Å². The first kappa shape index (κ1) is 23.5. The average molecular weight is 481 g/mol. The Bertz CT molecular complexity index is 1380. The smallest absolute Gasteiger partial charge is 0.338 e. The molecule has 0 saturated carbocycles. The summed E-state index contributed by atoms with van der Waals surface area (Å²) in [6, 6.07) is 13.4. The van der Waals surface area contributed by atoms with Crippen molar-refractivity contribution in [1.82, 2.24) is 14.3 Å². The molecule has 1 aliphatic rings. The molecule has 10 heteroatoms. The van der Waals surface area contributed by atoms with E-state index in [0.717, 1.165) is 19.3 Å². The Balaban J connectivity index is 1.54. The topological polar surface area (TPSA) is 136 Å². The molecule has 1 aliphatic heterocycles. The van der Waals surface area contributed by atoms with Gasteiger partial charge in [-0.1, -0.05) is 24.6 Å². The third-order valence-electron chi connectivity index (χ3n) is 5.75. The fourth-order valence-electron chi connectivity index (χ4n) is 3.84. The zero-order valence-corrected chi connectivity index (χ0v) is 19.4. The van der Waals surface area contributed by atoms with E-state index in [2.05, 4.69) is 9.97 Å². The number of aromatic nitrogens is 2. The molecule has 34 heavy (non-hydrogen) atoms. The molecule has 1 saturated heterocycles. The van der Waals surface area contributed by atoms with Crippen LogP contribution in [0.25, 0.3) is 16.6 Å². The highest BCUT2D eigenvalue weighted by Gasteiger charge is 2.27. The Kier molecular flexibility index (Phi) is 6.68. The molecule has 0 spiro atoms. The maximum Gasteiger partial charge on any atom is 0.338 e. The van der Waals surface area contributed by atoms with Crippen LogP contribution in [-0.4, -0.2) is 53.5 Å². The standard InChI is InChI=1S/C24H24N4O5S/c1-16-9-10-17(34(31,32)28-11-5-2-6-12-28)13-18(16)24(30)33-15-22(29)19(14-25)23-26-20-7-3-4-8-21(20)27-23/h3-4,7-10,13,29H,2,5-6,11-12,15H2,1H3,(H,26,27)/b22-19-. The number of carbonyl (C=O) groups excluding carboxylic acids is 1. The number of imidazole rings is 1. The molecule has 0 atom stereocenters. The fourth-order valence-corrected chi connectivity index (χ4v) is 5.39. The molecule has 0 bridgehead atoms. The molecule has 2 N–H and O–H groups in total. The van der Waals surface area contributed by atoms with Gasteiger partial charge in [0, 0.05) is 13.1 Å². The van der Waals surface area contributed by atoms with Gasteiger partial charge in [-0.2, -0.15) is 9.57 Å². The van der Waals surface area contributed by atoms with Crippen LogP contribution in [0.2, 0.25) is 0 Å². The Morgan fingerprint density at radius 2 is 1.94 bits per heavy atom. The number of hydrogen-bond acceptors (Lipinski definition) is 7. The van der Waals surface area contributed by atoms with Gasteiger partial charge in [0.25, 0.3) is 0 Å². The van der Waals surface area contributed by atoms with Crippen LogP contribution in [0, 0.1) is 18.3 Å². The van der Waals surface area contributed by atoms with Crippen molar-refractivity contribution >= 4 is 32.6 Å². The Morgan fingerprint density at radius 1 is 1.21 bits per heavy atom. The maximum atomic E-state index is 13.0. The summed E-state index contributed by atoms with van der Waals surface area (Å²) in [7, 11) is -3.72. The summed E-state index contributed by atoms with van der Waals surface area (Å²) >= 11 is 0. The number of nitrogens with one attached hydrogen (secondary N) is 1. The highest BCUT2D eigenvalue weighted by atomic mass is 32.2. The number of sulfonamides is 1. The number of nitrogens with zero attached hydrogens (tertiary/aromatic N) is 3. The lowest BCUT2D eigenvalue weighted by atomic mass is 10.1. The number of aliphatic hydroxyl groups is 1. The number of carbonyl (C=O) groups is 1. The van der Waals surface area contributed by atoms with Crippen molar-refractivity contribution in [3.63, 3.8) is 0 Å². The summed E-state index contributed by atoms with van der Waals surface area (Å²) < 4.78 is 32.6. The molecule has 1 fully saturated rings. The second kappa shape index (κ2) is 9.67. The first-order valence-electron chi connectivity index (χ1n) is 10.9. The number of para-hydroxylation sites is 2. The highest BCUT2D eigenvalue weighted by molar-refractivity contribution is 7.89. The molecule has 0 unspecified atom stereocenters. The van der Waals surface area contributed by atoms with Gasteiger partial charge >= 0.3 is 5.97 Å².